The normalized spacial score (nSPS) is 14.7. The van der Waals surface area contributed by atoms with Gasteiger partial charge in [-0.25, -0.2) is 15.0 Å². The summed E-state index contributed by atoms with van der Waals surface area (Å²) in [4.78, 5) is 15.0. The van der Waals surface area contributed by atoms with Crippen molar-refractivity contribution in [1.82, 2.24) is 15.0 Å². The lowest BCUT2D eigenvalue weighted by Crippen LogP contribution is -2.33. The Labute approximate surface area is 306 Å². The maximum absolute atomic E-state index is 5.05. The largest absolute Gasteiger partial charge is 0.208 e. The van der Waals surface area contributed by atoms with E-state index in [-0.39, 0.29) is 10.8 Å². The van der Waals surface area contributed by atoms with Crippen molar-refractivity contribution in [2.75, 3.05) is 0 Å². The van der Waals surface area contributed by atoms with Crippen molar-refractivity contribution >= 4 is 21.5 Å². The predicted octanol–water partition coefficient (Wildman–Crippen LogP) is 12.9. The highest BCUT2D eigenvalue weighted by molar-refractivity contribution is 6.08. The minimum Gasteiger partial charge on any atom is -0.208 e. The lowest BCUT2D eigenvalue weighted by Gasteiger charge is -2.42. The van der Waals surface area contributed by atoms with Gasteiger partial charge in [-0.2, -0.15) is 0 Å². The van der Waals surface area contributed by atoms with E-state index in [1.807, 2.05) is 18.2 Å². The van der Waals surface area contributed by atoms with Crippen LogP contribution < -0.4 is 0 Å². The summed E-state index contributed by atoms with van der Waals surface area (Å²) in [7, 11) is 0. The molecular formula is C49H41N3. The van der Waals surface area contributed by atoms with Crippen LogP contribution in [0.25, 0.3) is 78.0 Å². The summed E-state index contributed by atoms with van der Waals surface area (Å²) in [5.74, 6) is 1.98. The molecule has 0 spiro atoms. The topological polar surface area (TPSA) is 38.7 Å². The van der Waals surface area contributed by atoms with E-state index < -0.39 is 0 Å². The molecule has 3 heteroatoms. The number of hydrogen-bond donors (Lipinski definition) is 0. The molecule has 7 aromatic carbocycles. The first-order valence-corrected chi connectivity index (χ1v) is 18.3. The van der Waals surface area contributed by atoms with Gasteiger partial charge in [0, 0.05) is 16.7 Å². The summed E-state index contributed by atoms with van der Waals surface area (Å²) in [5, 5.41) is 5.03. The molecule has 52 heavy (non-hydrogen) atoms. The number of benzene rings is 7. The lowest BCUT2D eigenvalue weighted by molar-refractivity contribution is 0.332. The Morgan fingerprint density at radius 1 is 0.346 bits per heavy atom. The van der Waals surface area contributed by atoms with Gasteiger partial charge in [0.1, 0.15) is 0 Å². The van der Waals surface area contributed by atoms with Gasteiger partial charge in [0.05, 0.1) is 0 Å². The molecule has 0 bridgehead atoms. The summed E-state index contributed by atoms with van der Waals surface area (Å²) in [6.07, 6.45) is 2.41. The van der Waals surface area contributed by atoms with Gasteiger partial charge in [0.2, 0.25) is 0 Å². The van der Waals surface area contributed by atoms with E-state index in [0.717, 1.165) is 22.3 Å². The monoisotopic (exact) mass is 671 g/mol. The van der Waals surface area contributed by atoms with E-state index in [0.29, 0.717) is 17.5 Å². The van der Waals surface area contributed by atoms with Gasteiger partial charge in [-0.15, -0.1) is 0 Å². The molecular weight excluding hydrogens is 631 g/mol. The maximum Gasteiger partial charge on any atom is 0.164 e. The van der Waals surface area contributed by atoms with Crippen LogP contribution in [0.3, 0.4) is 0 Å². The molecule has 0 N–H and O–H groups in total. The van der Waals surface area contributed by atoms with Crippen molar-refractivity contribution in [3.05, 3.63) is 163 Å². The standard InChI is InChI=1S/C49H41N3/c1-48(2)28-29-49(3,4)44-31-40(26-27-43(44)48)33-16-23-38(24-17-33)47-51-45(36-11-6-5-7-12-36)50-46(52-47)37-21-14-32(15-22-37)39-25-20-35-19-18-34-10-8-9-13-41(34)42(35)30-39/h5-27,30-31H,28-29H2,1-4H3. The summed E-state index contributed by atoms with van der Waals surface area (Å²) < 4.78 is 0. The minimum absolute atomic E-state index is 0.165. The van der Waals surface area contributed by atoms with Crippen molar-refractivity contribution in [3.8, 4) is 56.4 Å². The molecule has 252 valence electrons. The first-order valence-electron chi connectivity index (χ1n) is 18.3. The Hall–Kier alpha value is -5.93. The highest BCUT2D eigenvalue weighted by Gasteiger charge is 2.37. The van der Waals surface area contributed by atoms with Crippen molar-refractivity contribution in [2.24, 2.45) is 0 Å². The fourth-order valence-electron chi connectivity index (χ4n) is 7.92. The van der Waals surface area contributed by atoms with E-state index in [4.69, 9.17) is 15.0 Å². The van der Waals surface area contributed by atoms with Crippen molar-refractivity contribution in [1.29, 1.82) is 0 Å². The van der Waals surface area contributed by atoms with Gasteiger partial charge in [-0.1, -0.05) is 173 Å². The minimum atomic E-state index is 0.165. The van der Waals surface area contributed by atoms with Crippen molar-refractivity contribution in [2.45, 2.75) is 51.4 Å². The molecule has 0 saturated heterocycles. The smallest absolute Gasteiger partial charge is 0.164 e. The van der Waals surface area contributed by atoms with Gasteiger partial charge in [0.15, 0.2) is 17.5 Å². The van der Waals surface area contributed by atoms with Crippen molar-refractivity contribution in [3.63, 3.8) is 0 Å². The van der Waals surface area contributed by atoms with E-state index >= 15 is 0 Å². The highest BCUT2D eigenvalue weighted by Crippen LogP contribution is 2.47. The third-order valence-electron chi connectivity index (χ3n) is 11.2. The van der Waals surface area contributed by atoms with Crippen LogP contribution >= 0.6 is 0 Å². The molecule has 0 saturated carbocycles. The number of nitrogens with zero attached hydrogens (tertiary/aromatic N) is 3. The highest BCUT2D eigenvalue weighted by atomic mass is 15.0. The Bertz CT molecular complexity index is 2600. The molecule has 0 amide bonds. The van der Waals surface area contributed by atoms with Gasteiger partial charge >= 0.3 is 0 Å². The third kappa shape index (κ3) is 5.77. The number of fused-ring (bicyclic) bond motifs is 4. The van der Waals surface area contributed by atoms with Gasteiger partial charge < -0.3 is 0 Å². The number of hydrogen-bond acceptors (Lipinski definition) is 3. The zero-order chi connectivity index (χ0) is 35.5. The molecule has 1 aliphatic carbocycles. The van der Waals surface area contributed by atoms with Crippen molar-refractivity contribution < 1.29 is 0 Å². The van der Waals surface area contributed by atoms with E-state index in [2.05, 4.69) is 161 Å². The zero-order valence-corrected chi connectivity index (χ0v) is 30.2. The van der Waals surface area contributed by atoms with Crippen LogP contribution in [-0.4, -0.2) is 15.0 Å². The molecule has 8 aromatic rings. The zero-order valence-electron chi connectivity index (χ0n) is 30.2. The molecule has 0 radical (unpaired) electrons. The van der Waals surface area contributed by atoms with Gasteiger partial charge in [0.25, 0.3) is 0 Å². The lowest BCUT2D eigenvalue weighted by atomic mass is 9.63. The van der Waals surface area contributed by atoms with E-state index in [1.165, 1.54) is 62.2 Å². The van der Waals surface area contributed by atoms with Crippen LogP contribution in [-0.2, 0) is 10.8 Å². The average Bonchev–Trinajstić information content (AvgIpc) is 3.19. The Morgan fingerprint density at radius 2 is 0.769 bits per heavy atom. The quantitative estimate of drug-likeness (QED) is 0.171. The van der Waals surface area contributed by atoms with Crippen LogP contribution in [0.5, 0.6) is 0 Å². The SMILES string of the molecule is CC1(C)CCC(C)(C)c2cc(-c3ccc(-c4nc(-c5ccccc5)nc(-c5ccc(-c6ccc7ccc8ccccc8c7c6)cc5)n4)cc3)ccc21. The summed E-state index contributed by atoms with van der Waals surface area (Å²) in [6, 6.07) is 54.2. The second-order valence-corrected chi connectivity index (χ2v) is 15.6. The Kier molecular flexibility index (Phi) is 7.62. The first kappa shape index (κ1) is 32.0. The Morgan fingerprint density at radius 3 is 1.38 bits per heavy atom. The first-order chi connectivity index (χ1) is 25.2. The fourth-order valence-corrected chi connectivity index (χ4v) is 7.92. The molecule has 0 atom stereocenters. The number of rotatable bonds is 5. The molecule has 9 rings (SSSR count). The second kappa shape index (κ2) is 12.4. The van der Waals surface area contributed by atoms with E-state index in [9.17, 15) is 0 Å². The van der Waals surface area contributed by atoms with Crippen LogP contribution in [0.2, 0.25) is 0 Å². The average molecular weight is 672 g/mol. The predicted molar refractivity (Wildman–Crippen MR) is 217 cm³/mol. The van der Waals surface area contributed by atoms with E-state index in [1.54, 1.807) is 0 Å². The fraction of sp³-hybridized carbons (Fsp3) is 0.163. The van der Waals surface area contributed by atoms with Gasteiger partial charge in [-0.05, 0) is 84.7 Å². The second-order valence-electron chi connectivity index (χ2n) is 15.6. The molecule has 1 aliphatic rings. The summed E-state index contributed by atoms with van der Waals surface area (Å²) in [5.41, 5.74) is 11.0. The third-order valence-corrected chi connectivity index (χ3v) is 11.2. The van der Waals surface area contributed by atoms with Gasteiger partial charge in [-0.3, -0.25) is 0 Å². The number of aromatic nitrogens is 3. The molecule has 1 heterocycles. The summed E-state index contributed by atoms with van der Waals surface area (Å²) in [6.45, 7) is 9.52. The molecule has 0 fully saturated rings. The van der Waals surface area contributed by atoms with Crippen LogP contribution in [0, 0.1) is 0 Å². The summed E-state index contributed by atoms with van der Waals surface area (Å²) >= 11 is 0. The molecule has 0 unspecified atom stereocenters. The van der Waals surface area contributed by atoms with Crippen LogP contribution in [0.4, 0.5) is 0 Å². The molecule has 0 aliphatic heterocycles. The molecule has 3 nitrogen and oxygen atoms in total. The molecule has 1 aromatic heterocycles. The maximum atomic E-state index is 5.05. The Balaban J connectivity index is 1.07. The van der Waals surface area contributed by atoms with Crippen LogP contribution in [0.15, 0.2) is 152 Å². The van der Waals surface area contributed by atoms with Crippen LogP contribution in [0.1, 0.15) is 51.7 Å².